The number of hydrogen-bond acceptors (Lipinski definition) is 3. The number of ether oxygens (including phenoxy) is 1. The topological polar surface area (TPSA) is 63.6 Å². The lowest BCUT2D eigenvalue weighted by molar-refractivity contribution is -0.158. The Balaban J connectivity index is 2.57. The summed E-state index contributed by atoms with van der Waals surface area (Å²) in [6, 6.07) is 7.62. The van der Waals surface area contributed by atoms with Gasteiger partial charge in [-0.2, -0.15) is 0 Å². The van der Waals surface area contributed by atoms with E-state index >= 15 is 0 Å². The summed E-state index contributed by atoms with van der Waals surface area (Å²) < 4.78 is 2.93. The molecule has 0 fully saturated rings. The van der Waals surface area contributed by atoms with Crippen LogP contribution in [0.15, 0.2) is 30.3 Å². The van der Waals surface area contributed by atoms with E-state index in [1.54, 1.807) is 18.2 Å². The summed E-state index contributed by atoms with van der Waals surface area (Å²) in [4.78, 5) is 24.4. The van der Waals surface area contributed by atoms with Crippen molar-refractivity contribution in [3.05, 3.63) is 66.6 Å². The summed E-state index contributed by atoms with van der Waals surface area (Å²) in [6.45, 7) is 0. The lowest BCUT2D eigenvalue weighted by Gasteiger charge is -2.28. The number of carbonyl (C=O) groups is 2. The highest BCUT2D eigenvalue weighted by Crippen LogP contribution is 2.52. The Hall–Kier alpha value is -0.300. The minimum atomic E-state index is -2.32. The van der Waals surface area contributed by atoms with Crippen molar-refractivity contribution in [2.45, 2.75) is 15.8 Å². The number of carboxylic acid groups (broad SMARTS) is 1. The molecule has 2 aromatic rings. The number of alkyl halides is 3. The third-order valence-corrected chi connectivity index (χ3v) is 6.55. The van der Waals surface area contributed by atoms with E-state index in [4.69, 9.17) is 97.5 Å². The second-order valence-corrected chi connectivity index (χ2v) is 9.78. The first-order valence-electron chi connectivity index (χ1n) is 7.44. The normalized spacial score (nSPS) is 13.7. The van der Waals surface area contributed by atoms with Gasteiger partial charge in [-0.15, -0.1) is 0 Å². The van der Waals surface area contributed by atoms with Crippen LogP contribution in [-0.2, 0) is 14.3 Å². The summed E-state index contributed by atoms with van der Waals surface area (Å²) in [5.41, 5.74) is -0.0873. The van der Waals surface area contributed by atoms with Crippen molar-refractivity contribution < 1.29 is 19.4 Å². The minimum absolute atomic E-state index is 0.150. The highest BCUT2D eigenvalue weighted by Gasteiger charge is 2.44. The van der Waals surface area contributed by atoms with Crippen molar-refractivity contribution in [1.82, 2.24) is 0 Å². The van der Waals surface area contributed by atoms with Gasteiger partial charge in [-0.3, -0.25) is 9.59 Å². The molecule has 0 saturated heterocycles. The minimum Gasteiger partial charge on any atom is -0.480 e. The van der Waals surface area contributed by atoms with Crippen LogP contribution in [0.4, 0.5) is 0 Å². The molecule has 156 valence electrons. The smallest absolute Gasteiger partial charge is 0.325 e. The van der Waals surface area contributed by atoms with E-state index in [1.807, 2.05) is 0 Å². The van der Waals surface area contributed by atoms with Gasteiger partial charge in [0.15, 0.2) is 12.0 Å². The highest BCUT2D eigenvalue weighted by molar-refractivity contribution is 6.68. The van der Waals surface area contributed by atoms with Crippen LogP contribution >= 0.6 is 92.8 Å². The van der Waals surface area contributed by atoms with E-state index < -0.39 is 27.8 Å². The molecule has 0 radical (unpaired) electrons. The Morgan fingerprint density at radius 1 is 0.828 bits per heavy atom. The van der Waals surface area contributed by atoms with Crippen LogP contribution in [0.5, 0.6) is 0 Å². The Morgan fingerprint density at radius 2 is 1.28 bits per heavy atom. The number of carboxylic acids is 1. The predicted molar refractivity (Wildman–Crippen MR) is 117 cm³/mol. The van der Waals surface area contributed by atoms with E-state index in [0.29, 0.717) is 0 Å². The zero-order valence-corrected chi connectivity index (χ0v) is 19.8. The number of carbonyl (C=O) groups excluding carboxylic acids is 1. The number of rotatable bonds is 5. The molecule has 4 nitrogen and oxygen atoms in total. The first kappa shape index (κ1) is 25.0. The highest BCUT2D eigenvalue weighted by atomic mass is 35.6. The van der Waals surface area contributed by atoms with Crippen LogP contribution in [0.3, 0.4) is 0 Å². The summed E-state index contributed by atoms with van der Waals surface area (Å²) in [5.74, 6) is -4.41. The summed E-state index contributed by atoms with van der Waals surface area (Å²) >= 11 is 48.2. The molecule has 29 heavy (non-hydrogen) atoms. The molecule has 2 aromatic carbocycles. The first-order chi connectivity index (χ1) is 13.4. The van der Waals surface area contributed by atoms with Gasteiger partial charge in [0.1, 0.15) is 0 Å². The first-order valence-corrected chi connectivity index (χ1v) is 10.5. The molecule has 1 N–H and O–H groups in total. The van der Waals surface area contributed by atoms with Crippen molar-refractivity contribution in [2.75, 3.05) is 0 Å². The summed E-state index contributed by atoms with van der Waals surface area (Å²) in [5, 5.41) is 8.36. The van der Waals surface area contributed by atoms with Crippen LogP contribution in [0.25, 0.3) is 0 Å². The zero-order chi connectivity index (χ0) is 22.1. The number of aliphatic carboxylic acids is 1. The Kier molecular flexibility index (Phi) is 8.51. The molecule has 0 bridgehead atoms. The van der Waals surface area contributed by atoms with E-state index in [2.05, 4.69) is 0 Å². The quantitative estimate of drug-likeness (QED) is 0.134. The number of halogens is 8. The molecule has 0 aliphatic carbocycles. The Morgan fingerprint density at radius 3 is 1.69 bits per heavy atom. The monoisotopic (exact) mass is 556 g/mol. The van der Waals surface area contributed by atoms with E-state index in [1.165, 1.54) is 12.1 Å². The van der Waals surface area contributed by atoms with Gasteiger partial charge in [-0.1, -0.05) is 123 Å². The average molecular weight is 560 g/mol. The maximum atomic E-state index is 12.7. The Labute approximate surface area is 205 Å². The van der Waals surface area contributed by atoms with Crippen molar-refractivity contribution >= 4 is 105 Å². The molecule has 0 saturated carbocycles. The van der Waals surface area contributed by atoms with Gasteiger partial charge in [0.25, 0.3) is 0 Å². The van der Waals surface area contributed by atoms with Gasteiger partial charge in [-0.05, 0) is 5.56 Å². The molecule has 0 aliphatic rings. The average Bonchev–Trinajstić information content (AvgIpc) is 2.64. The van der Waals surface area contributed by atoms with Gasteiger partial charge in [0.2, 0.25) is 3.79 Å². The van der Waals surface area contributed by atoms with E-state index in [-0.39, 0.29) is 36.2 Å². The number of benzene rings is 2. The van der Waals surface area contributed by atoms with Gasteiger partial charge in [0, 0.05) is 5.56 Å². The van der Waals surface area contributed by atoms with Crippen LogP contribution in [0.1, 0.15) is 23.1 Å². The standard InChI is InChI=1S/C17H8Cl8O4/c18-9-8(10(19)12(21)13(22)11(9)20)14(17(23,24)25)29-16(28)7(15(26)27)6-4-2-1-3-5-6/h1-5,7,14H,(H,26,27). The fraction of sp³-hybridized carbons (Fsp3) is 0.176. The fourth-order valence-electron chi connectivity index (χ4n) is 2.35. The van der Waals surface area contributed by atoms with Crippen molar-refractivity contribution in [3.63, 3.8) is 0 Å². The van der Waals surface area contributed by atoms with Gasteiger partial charge in [0.05, 0.1) is 25.1 Å². The fourth-order valence-corrected chi connectivity index (χ4v) is 4.16. The molecule has 2 unspecified atom stereocenters. The molecule has 2 rings (SSSR count). The van der Waals surface area contributed by atoms with Crippen molar-refractivity contribution in [1.29, 1.82) is 0 Å². The Bertz CT molecular complexity index is 914. The van der Waals surface area contributed by atoms with Crippen LogP contribution < -0.4 is 0 Å². The second-order valence-electron chi connectivity index (χ2n) is 5.52. The molecule has 0 aliphatic heterocycles. The number of hydrogen-bond donors (Lipinski definition) is 1. The van der Waals surface area contributed by atoms with Crippen LogP contribution in [0.2, 0.25) is 25.1 Å². The van der Waals surface area contributed by atoms with Gasteiger partial charge >= 0.3 is 11.9 Å². The molecule has 0 spiro atoms. The SMILES string of the molecule is O=C(O)C(C(=O)OC(c1c(Cl)c(Cl)c(Cl)c(Cl)c1Cl)C(Cl)(Cl)Cl)c1ccccc1. The summed E-state index contributed by atoms with van der Waals surface area (Å²) in [6.07, 6.45) is -1.75. The lowest BCUT2D eigenvalue weighted by Crippen LogP contribution is -2.30. The maximum absolute atomic E-state index is 12.7. The third kappa shape index (κ3) is 5.50. The van der Waals surface area contributed by atoms with E-state index in [9.17, 15) is 14.7 Å². The molecular weight excluding hydrogens is 552 g/mol. The molecule has 12 heteroatoms. The van der Waals surface area contributed by atoms with Crippen molar-refractivity contribution in [2.24, 2.45) is 0 Å². The van der Waals surface area contributed by atoms with Crippen LogP contribution in [-0.4, -0.2) is 20.8 Å². The predicted octanol–water partition coefficient (Wildman–Crippen LogP) is 7.78. The van der Waals surface area contributed by atoms with Gasteiger partial charge < -0.3 is 9.84 Å². The molecule has 0 heterocycles. The largest absolute Gasteiger partial charge is 0.480 e. The lowest BCUT2D eigenvalue weighted by atomic mass is 9.99. The molecular formula is C17H8Cl8O4. The number of esters is 1. The molecule has 2 atom stereocenters. The second kappa shape index (κ2) is 9.88. The maximum Gasteiger partial charge on any atom is 0.325 e. The molecule has 0 amide bonds. The van der Waals surface area contributed by atoms with Crippen LogP contribution in [0, 0.1) is 0 Å². The summed E-state index contributed by atoms with van der Waals surface area (Å²) in [7, 11) is 0. The third-order valence-electron chi connectivity index (χ3n) is 3.65. The van der Waals surface area contributed by atoms with Gasteiger partial charge in [-0.25, -0.2) is 0 Å². The van der Waals surface area contributed by atoms with E-state index in [0.717, 1.165) is 0 Å². The van der Waals surface area contributed by atoms with Crippen molar-refractivity contribution in [3.8, 4) is 0 Å². The molecule has 0 aromatic heterocycles. The zero-order valence-electron chi connectivity index (χ0n) is 13.7.